The predicted molar refractivity (Wildman–Crippen MR) is 109 cm³/mol. The summed E-state index contributed by atoms with van der Waals surface area (Å²) in [5.41, 5.74) is 0.374. The van der Waals surface area contributed by atoms with Crippen LogP contribution in [-0.4, -0.2) is 73.4 Å². The van der Waals surface area contributed by atoms with Crippen LogP contribution in [-0.2, 0) is 10.0 Å². The maximum atomic E-state index is 13.1. The summed E-state index contributed by atoms with van der Waals surface area (Å²) in [5.74, 6) is 0. The van der Waals surface area contributed by atoms with Gasteiger partial charge < -0.3 is 10.2 Å². The number of benzene rings is 1. The van der Waals surface area contributed by atoms with Gasteiger partial charge in [0.25, 0.3) is 0 Å². The molecule has 3 aliphatic rings. The van der Waals surface area contributed by atoms with Crippen LogP contribution in [0.1, 0.15) is 39.0 Å². The average Bonchev–Trinajstić information content (AvgIpc) is 3.15. The van der Waals surface area contributed by atoms with E-state index in [9.17, 15) is 13.2 Å². The van der Waals surface area contributed by atoms with Crippen LogP contribution in [0.25, 0.3) is 0 Å². The number of urea groups is 1. The van der Waals surface area contributed by atoms with E-state index in [1.165, 1.54) is 6.42 Å². The molecule has 154 valence electrons. The van der Waals surface area contributed by atoms with Gasteiger partial charge in [0, 0.05) is 38.3 Å². The number of piperidine rings is 1. The minimum atomic E-state index is -3.60. The molecule has 7 nitrogen and oxygen atoms in total. The highest BCUT2D eigenvalue weighted by molar-refractivity contribution is 7.89. The average molecular weight is 407 g/mol. The number of fused-ring (bicyclic) bond motifs is 1. The van der Waals surface area contributed by atoms with Gasteiger partial charge in [0.15, 0.2) is 0 Å². The highest BCUT2D eigenvalue weighted by Gasteiger charge is 2.37. The lowest BCUT2D eigenvalue weighted by atomic mass is 10.1. The van der Waals surface area contributed by atoms with E-state index in [0.29, 0.717) is 31.4 Å². The lowest BCUT2D eigenvalue weighted by Gasteiger charge is -2.42. The Labute approximate surface area is 167 Å². The van der Waals surface area contributed by atoms with Crippen LogP contribution < -0.4 is 5.32 Å². The van der Waals surface area contributed by atoms with E-state index in [2.05, 4.69) is 17.1 Å². The van der Waals surface area contributed by atoms with Crippen molar-refractivity contribution >= 4 is 21.7 Å². The maximum Gasteiger partial charge on any atom is 0.322 e. The number of carbonyl (C=O) groups is 1. The van der Waals surface area contributed by atoms with Crippen LogP contribution in [0.4, 0.5) is 10.5 Å². The zero-order valence-corrected chi connectivity index (χ0v) is 17.3. The Kier molecular flexibility index (Phi) is 5.62. The molecule has 3 fully saturated rings. The number of piperazine rings is 1. The molecule has 1 N–H and O–H groups in total. The van der Waals surface area contributed by atoms with Gasteiger partial charge in [0.05, 0.1) is 5.69 Å². The van der Waals surface area contributed by atoms with Crippen molar-refractivity contribution in [2.24, 2.45) is 0 Å². The standard InChI is InChI=1S/C20H30N4O3S/c1-16-14-22-11-7-8-17(22)15-24(16)20(25)21-18-9-3-4-10-19(18)28(26,27)23-12-5-2-6-13-23/h3-4,9-10,16-17H,2,5-8,11-15H2,1H3,(H,21,25)/t16-,17+/m0/s1. The van der Waals surface area contributed by atoms with E-state index in [4.69, 9.17) is 0 Å². The third-order valence-electron chi connectivity index (χ3n) is 6.26. The molecule has 3 heterocycles. The fourth-order valence-corrected chi connectivity index (χ4v) is 6.36. The third kappa shape index (κ3) is 3.77. The quantitative estimate of drug-likeness (QED) is 0.837. The lowest BCUT2D eigenvalue weighted by Crippen LogP contribution is -2.57. The summed E-state index contributed by atoms with van der Waals surface area (Å²) in [7, 11) is -3.60. The zero-order valence-electron chi connectivity index (χ0n) is 16.5. The Balaban J connectivity index is 1.53. The van der Waals surface area contributed by atoms with Gasteiger partial charge in [-0.3, -0.25) is 4.90 Å². The Morgan fingerprint density at radius 2 is 1.79 bits per heavy atom. The number of carbonyl (C=O) groups excluding carboxylic acids is 1. The van der Waals surface area contributed by atoms with Crippen LogP contribution in [0.15, 0.2) is 29.2 Å². The summed E-state index contributed by atoms with van der Waals surface area (Å²) < 4.78 is 27.8. The summed E-state index contributed by atoms with van der Waals surface area (Å²) >= 11 is 0. The minimum absolute atomic E-state index is 0.111. The van der Waals surface area contributed by atoms with Crippen LogP contribution in [0.2, 0.25) is 0 Å². The molecule has 2 amide bonds. The first-order valence-corrected chi connectivity index (χ1v) is 11.8. The van der Waals surface area contributed by atoms with E-state index in [0.717, 1.165) is 38.8 Å². The molecule has 1 aromatic rings. The Morgan fingerprint density at radius 1 is 1.04 bits per heavy atom. The van der Waals surface area contributed by atoms with Gasteiger partial charge >= 0.3 is 6.03 Å². The molecule has 0 aromatic heterocycles. The summed E-state index contributed by atoms with van der Waals surface area (Å²) in [6.07, 6.45) is 5.14. The maximum absolute atomic E-state index is 13.1. The van der Waals surface area contributed by atoms with E-state index in [1.54, 1.807) is 28.6 Å². The van der Waals surface area contributed by atoms with Crippen LogP contribution in [0, 0.1) is 0 Å². The van der Waals surface area contributed by atoms with Crippen molar-refractivity contribution in [2.75, 3.05) is 38.0 Å². The Morgan fingerprint density at radius 3 is 2.57 bits per heavy atom. The second kappa shape index (κ2) is 8.00. The minimum Gasteiger partial charge on any atom is -0.319 e. The van der Waals surface area contributed by atoms with Crippen molar-refractivity contribution in [1.82, 2.24) is 14.1 Å². The van der Waals surface area contributed by atoms with Gasteiger partial charge in [-0.2, -0.15) is 4.31 Å². The fraction of sp³-hybridized carbons (Fsp3) is 0.650. The van der Waals surface area contributed by atoms with E-state index < -0.39 is 10.0 Å². The summed E-state index contributed by atoms with van der Waals surface area (Å²) in [4.78, 5) is 17.5. The van der Waals surface area contributed by atoms with Crippen LogP contribution >= 0.6 is 0 Å². The van der Waals surface area contributed by atoms with Gasteiger partial charge in [-0.15, -0.1) is 0 Å². The molecule has 0 spiro atoms. The Hall–Kier alpha value is -1.64. The van der Waals surface area contributed by atoms with Crippen molar-refractivity contribution in [3.63, 3.8) is 0 Å². The molecule has 3 aliphatic heterocycles. The first kappa shape index (κ1) is 19.7. The van der Waals surface area contributed by atoms with Crippen molar-refractivity contribution < 1.29 is 13.2 Å². The number of sulfonamides is 1. The predicted octanol–water partition coefficient (Wildman–Crippen LogP) is 2.56. The molecule has 0 bridgehead atoms. The topological polar surface area (TPSA) is 73.0 Å². The molecule has 1 aromatic carbocycles. The largest absolute Gasteiger partial charge is 0.322 e. The molecule has 3 saturated heterocycles. The van der Waals surface area contributed by atoms with Gasteiger partial charge in [0.2, 0.25) is 10.0 Å². The Bertz CT molecular complexity index is 822. The van der Waals surface area contributed by atoms with E-state index >= 15 is 0 Å². The molecule has 4 rings (SSSR count). The monoisotopic (exact) mass is 406 g/mol. The van der Waals surface area contributed by atoms with Gasteiger partial charge in [-0.1, -0.05) is 18.6 Å². The molecule has 28 heavy (non-hydrogen) atoms. The third-order valence-corrected chi connectivity index (χ3v) is 8.22. The number of nitrogens with one attached hydrogen (secondary N) is 1. The fourth-order valence-electron chi connectivity index (χ4n) is 4.70. The lowest BCUT2D eigenvalue weighted by molar-refractivity contribution is 0.0861. The smallest absolute Gasteiger partial charge is 0.319 e. The van der Waals surface area contributed by atoms with Crippen molar-refractivity contribution in [3.05, 3.63) is 24.3 Å². The summed E-state index contributed by atoms with van der Waals surface area (Å²) in [6.45, 7) is 5.85. The van der Waals surface area contributed by atoms with Crippen LogP contribution in [0.3, 0.4) is 0 Å². The normalized spacial score (nSPS) is 26.8. The first-order chi connectivity index (χ1) is 13.5. The van der Waals surface area contributed by atoms with Gasteiger partial charge in [-0.25, -0.2) is 13.2 Å². The highest BCUT2D eigenvalue weighted by atomic mass is 32.2. The van der Waals surface area contributed by atoms with E-state index in [-0.39, 0.29) is 17.0 Å². The summed E-state index contributed by atoms with van der Waals surface area (Å²) in [5, 5.41) is 2.90. The summed E-state index contributed by atoms with van der Waals surface area (Å²) in [6, 6.07) is 7.09. The number of rotatable bonds is 3. The molecule has 0 unspecified atom stereocenters. The second-order valence-electron chi connectivity index (χ2n) is 8.18. The number of hydrogen-bond donors (Lipinski definition) is 1. The van der Waals surface area contributed by atoms with Gasteiger partial charge in [0.1, 0.15) is 4.90 Å². The second-order valence-corrected chi connectivity index (χ2v) is 10.1. The SMILES string of the molecule is C[C@H]1CN2CCC[C@@H]2CN1C(=O)Nc1ccccc1S(=O)(=O)N1CCCCC1. The molecule has 0 aliphatic carbocycles. The number of hydrogen-bond acceptors (Lipinski definition) is 4. The molecule has 2 atom stereocenters. The van der Waals surface area contributed by atoms with Crippen molar-refractivity contribution in [1.29, 1.82) is 0 Å². The molecule has 0 radical (unpaired) electrons. The highest BCUT2D eigenvalue weighted by Crippen LogP contribution is 2.29. The molecule has 0 saturated carbocycles. The van der Waals surface area contributed by atoms with Crippen molar-refractivity contribution in [3.8, 4) is 0 Å². The molecular formula is C20H30N4O3S. The number of nitrogens with zero attached hydrogens (tertiary/aromatic N) is 3. The van der Waals surface area contributed by atoms with Crippen LogP contribution in [0.5, 0.6) is 0 Å². The number of anilines is 1. The van der Waals surface area contributed by atoms with E-state index in [1.807, 2.05) is 4.90 Å². The zero-order chi connectivity index (χ0) is 19.7. The van der Waals surface area contributed by atoms with Gasteiger partial charge in [-0.05, 0) is 51.3 Å². The molecule has 8 heteroatoms. The number of amides is 2. The molecular weight excluding hydrogens is 376 g/mol. The van der Waals surface area contributed by atoms with Crippen molar-refractivity contribution in [2.45, 2.75) is 56.0 Å². The first-order valence-electron chi connectivity index (χ1n) is 10.4. The number of para-hydroxylation sites is 1.